The molecular weight excluding hydrogens is 240 g/mol. The zero-order valence-electron chi connectivity index (χ0n) is 12.2. The fraction of sp³-hybridized carbons (Fsp3) is 0.812. The molecule has 0 radical (unpaired) electrons. The Balaban J connectivity index is 0.000000550. The molecular formula is C16H24O3. The highest BCUT2D eigenvalue weighted by Crippen LogP contribution is 2.60. The molecule has 2 fully saturated rings. The van der Waals surface area contributed by atoms with Crippen molar-refractivity contribution < 1.29 is 14.7 Å². The molecule has 19 heavy (non-hydrogen) atoms. The van der Waals surface area contributed by atoms with E-state index in [0.29, 0.717) is 11.3 Å². The van der Waals surface area contributed by atoms with Crippen molar-refractivity contribution in [1.29, 1.82) is 0 Å². The highest BCUT2D eigenvalue weighted by atomic mass is 16.3. The van der Waals surface area contributed by atoms with Gasteiger partial charge in [-0.15, -0.1) is 6.42 Å². The first kappa shape index (κ1) is 16.0. The molecule has 0 heterocycles. The highest BCUT2D eigenvalue weighted by molar-refractivity contribution is 5.21. The second-order valence-corrected chi connectivity index (χ2v) is 6.79. The van der Waals surface area contributed by atoms with Gasteiger partial charge in [0.25, 0.3) is 0 Å². The van der Waals surface area contributed by atoms with E-state index in [9.17, 15) is 5.11 Å². The zero-order valence-corrected chi connectivity index (χ0v) is 12.2. The number of aliphatic hydroxyl groups is 1. The van der Waals surface area contributed by atoms with Crippen LogP contribution in [0.5, 0.6) is 0 Å². The first-order valence-electron chi connectivity index (χ1n) is 6.97. The summed E-state index contributed by atoms with van der Waals surface area (Å²) in [6, 6.07) is 0. The van der Waals surface area contributed by atoms with Gasteiger partial charge in [-0.3, -0.25) is 0 Å². The van der Waals surface area contributed by atoms with Crippen molar-refractivity contribution in [3.8, 4) is 12.3 Å². The van der Waals surface area contributed by atoms with Gasteiger partial charge in [0.2, 0.25) is 0 Å². The van der Waals surface area contributed by atoms with Crippen LogP contribution < -0.4 is 0 Å². The van der Waals surface area contributed by atoms with Crippen LogP contribution in [0.15, 0.2) is 0 Å². The van der Waals surface area contributed by atoms with Crippen molar-refractivity contribution in [3.63, 3.8) is 0 Å². The molecule has 3 nitrogen and oxygen atoms in total. The van der Waals surface area contributed by atoms with Gasteiger partial charge in [-0.2, -0.15) is 9.59 Å². The molecule has 2 aliphatic rings. The number of carbonyl (C=O) groups excluding carboxylic acids is 2. The summed E-state index contributed by atoms with van der Waals surface area (Å²) >= 11 is 0. The largest absolute Gasteiger partial charge is 0.377 e. The normalized spacial score (nSPS) is 39.8. The van der Waals surface area contributed by atoms with E-state index in [4.69, 9.17) is 16.0 Å². The van der Waals surface area contributed by atoms with E-state index in [0.717, 1.165) is 19.3 Å². The number of hydrogen-bond donors (Lipinski definition) is 1. The van der Waals surface area contributed by atoms with Crippen LogP contribution in [0.1, 0.15) is 59.3 Å². The van der Waals surface area contributed by atoms with E-state index >= 15 is 0 Å². The third kappa shape index (κ3) is 2.61. The monoisotopic (exact) mass is 264 g/mol. The Morgan fingerprint density at radius 1 is 1.11 bits per heavy atom. The zero-order chi connectivity index (χ0) is 14.7. The first-order chi connectivity index (χ1) is 8.77. The van der Waals surface area contributed by atoms with Gasteiger partial charge in [0, 0.05) is 5.41 Å². The molecule has 3 atom stereocenters. The van der Waals surface area contributed by atoms with E-state index in [1.165, 1.54) is 19.3 Å². The molecule has 2 rings (SSSR count). The molecule has 0 spiro atoms. The molecule has 0 aromatic heterocycles. The Kier molecular flexibility index (Phi) is 4.61. The Hall–Kier alpha value is -1.10. The van der Waals surface area contributed by atoms with Gasteiger partial charge in [-0.1, -0.05) is 33.1 Å². The molecule has 1 N–H and O–H groups in total. The maximum absolute atomic E-state index is 10.7. The minimum Gasteiger partial charge on any atom is -0.377 e. The lowest BCUT2D eigenvalue weighted by molar-refractivity contribution is -0.191. The molecule has 0 aromatic carbocycles. The molecule has 0 bridgehead atoms. The lowest BCUT2D eigenvalue weighted by atomic mass is 9.47. The van der Waals surface area contributed by atoms with Gasteiger partial charge in [-0.25, -0.2) is 0 Å². The van der Waals surface area contributed by atoms with E-state index < -0.39 is 5.60 Å². The summed E-state index contributed by atoms with van der Waals surface area (Å²) in [5.41, 5.74) is -0.604. The smallest absolute Gasteiger partial charge is 0.373 e. The van der Waals surface area contributed by atoms with Crippen molar-refractivity contribution >= 4 is 6.15 Å². The van der Waals surface area contributed by atoms with Crippen molar-refractivity contribution in [3.05, 3.63) is 0 Å². The van der Waals surface area contributed by atoms with Crippen LogP contribution in [-0.2, 0) is 9.59 Å². The third-order valence-electron chi connectivity index (χ3n) is 5.44. The topological polar surface area (TPSA) is 54.4 Å². The van der Waals surface area contributed by atoms with Crippen LogP contribution in [0.2, 0.25) is 0 Å². The van der Waals surface area contributed by atoms with Crippen LogP contribution >= 0.6 is 0 Å². The summed E-state index contributed by atoms with van der Waals surface area (Å²) in [5.74, 6) is 3.29. The van der Waals surface area contributed by atoms with Crippen molar-refractivity contribution in [2.24, 2.45) is 16.7 Å². The van der Waals surface area contributed by atoms with Crippen LogP contribution in [0.25, 0.3) is 0 Å². The van der Waals surface area contributed by atoms with Gasteiger partial charge in [0.1, 0.15) is 5.60 Å². The van der Waals surface area contributed by atoms with E-state index in [2.05, 4.69) is 26.7 Å². The molecule has 3 heteroatoms. The highest BCUT2D eigenvalue weighted by Gasteiger charge is 2.58. The summed E-state index contributed by atoms with van der Waals surface area (Å²) in [7, 11) is 0. The van der Waals surface area contributed by atoms with E-state index in [1.54, 1.807) is 0 Å². The first-order valence-corrected chi connectivity index (χ1v) is 6.97. The number of rotatable bonds is 0. The standard InChI is InChI=1S/C15H24O.CO2/c1-5-15(16)11-6-8-12-13(2,3)9-7-10-14(12,15)4;2-1-3/h1,12,16H,6-11H2,2-4H3;/t12-,14-,15?;/m1./s1. The predicted molar refractivity (Wildman–Crippen MR) is 71.9 cm³/mol. The molecule has 0 aromatic rings. The van der Waals surface area contributed by atoms with Gasteiger partial charge in [-0.05, 0) is 43.4 Å². The maximum Gasteiger partial charge on any atom is 0.373 e. The summed E-state index contributed by atoms with van der Waals surface area (Å²) in [4.78, 5) is 16.2. The lowest BCUT2D eigenvalue weighted by Crippen LogP contribution is -2.58. The number of terminal acetylenes is 1. The summed E-state index contributed by atoms with van der Waals surface area (Å²) in [6.45, 7) is 6.91. The molecule has 2 saturated carbocycles. The maximum atomic E-state index is 10.7. The van der Waals surface area contributed by atoms with E-state index in [1.807, 2.05) is 0 Å². The molecule has 0 saturated heterocycles. The van der Waals surface area contributed by atoms with Crippen LogP contribution in [0.3, 0.4) is 0 Å². The van der Waals surface area contributed by atoms with Gasteiger partial charge < -0.3 is 5.11 Å². The Labute approximate surface area is 115 Å². The minimum absolute atomic E-state index is 0.0677. The van der Waals surface area contributed by atoms with Gasteiger partial charge in [0.15, 0.2) is 0 Å². The number of fused-ring (bicyclic) bond motifs is 1. The Morgan fingerprint density at radius 2 is 1.68 bits per heavy atom. The summed E-state index contributed by atoms with van der Waals surface area (Å²) in [6.07, 6.45) is 12.5. The Bertz CT molecular complexity index is 401. The van der Waals surface area contributed by atoms with E-state index in [-0.39, 0.29) is 11.6 Å². The van der Waals surface area contributed by atoms with Gasteiger partial charge in [0.05, 0.1) is 0 Å². The molecule has 0 amide bonds. The molecule has 1 unspecified atom stereocenters. The van der Waals surface area contributed by atoms with Crippen molar-refractivity contribution in [2.75, 3.05) is 0 Å². The number of hydrogen-bond acceptors (Lipinski definition) is 3. The average Bonchev–Trinajstić information content (AvgIpc) is 2.32. The summed E-state index contributed by atoms with van der Waals surface area (Å²) < 4.78 is 0. The minimum atomic E-state index is -0.867. The second-order valence-electron chi connectivity index (χ2n) is 6.79. The van der Waals surface area contributed by atoms with Crippen molar-refractivity contribution in [1.82, 2.24) is 0 Å². The SMILES string of the molecule is C#CC1(O)CCC[C@@H]2C(C)(C)CCC[C@]21C.O=C=O. The average molecular weight is 264 g/mol. The van der Waals surface area contributed by atoms with Crippen LogP contribution in [0, 0.1) is 29.1 Å². The van der Waals surface area contributed by atoms with Crippen LogP contribution in [-0.4, -0.2) is 16.9 Å². The molecule has 0 aliphatic heterocycles. The fourth-order valence-electron chi connectivity index (χ4n) is 4.41. The fourth-order valence-corrected chi connectivity index (χ4v) is 4.41. The molecule has 106 valence electrons. The molecule has 2 aliphatic carbocycles. The second kappa shape index (κ2) is 5.49. The third-order valence-corrected chi connectivity index (χ3v) is 5.44. The summed E-state index contributed by atoms with van der Waals surface area (Å²) in [5, 5.41) is 10.7. The van der Waals surface area contributed by atoms with Gasteiger partial charge >= 0.3 is 6.15 Å². The van der Waals surface area contributed by atoms with Crippen molar-refractivity contribution in [2.45, 2.75) is 64.9 Å². The predicted octanol–water partition coefficient (Wildman–Crippen LogP) is 2.78. The lowest BCUT2D eigenvalue weighted by Gasteiger charge is -2.59. The Morgan fingerprint density at radius 3 is 2.21 bits per heavy atom. The quantitative estimate of drug-likeness (QED) is 0.684. The van der Waals surface area contributed by atoms with Crippen LogP contribution in [0.4, 0.5) is 0 Å².